The zero-order valence-electron chi connectivity index (χ0n) is 5.65. The van der Waals surface area contributed by atoms with Gasteiger partial charge in [-0.15, -0.1) is 0 Å². The summed E-state index contributed by atoms with van der Waals surface area (Å²) in [6.45, 7) is 4.35. The van der Waals surface area contributed by atoms with Gasteiger partial charge in [-0.1, -0.05) is 24.8 Å². The van der Waals surface area contributed by atoms with Crippen molar-refractivity contribution in [1.29, 1.82) is 0 Å². The van der Waals surface area contributed by atoms with Crippen LogP contribution in [0.1, 0.15) is 13.3 Å². The molecule has 8 heavy (non-hydrogen) atoms. The van der Waals surface area contributed by atoms with Gasteiger partial charge in [0.05, 0.1) is 0 Å². The summed E-state index contributed by atoms with van der Waals surface area (Å²) in [6.07, 6.45) is 4.91. The average Bonchev–Trinajstić information content (AvgIpc) is 1.79. The molecule has 1 rings (SSSR count). The topological polar surface area (TPSA) is 0 Å². The van der Waals surface area contributed by atoms with Gasteiger partial charge in [0.1, 0.15) is 7.28 Å². The molecule has 0 saturated heterocycles. The highest BCUT2D eigenvalue weighted by molar-refractivity contribution is 6.33. The van der Waals surface area contributed by atoms with E-state index in [1.165, 1.54) is 12.7 Å². The third kappa shape index (κ3) is 0.962. The molecule has 1 unspecified atom stereocenters. The molecule has 1 radical (unpaired) electrons. The Kier molecular flexibility index (Phi) is 1.77. The lowest BCUT2D eigenvalue weighted by Crippen LogP contribution is -2.10. The van der Waals surface area contributed by atoms with Crippen LogP contribution in [0.5, 0.6) is 0 Å². The lowest BCUT2D eigenvalue weighted by atomic mass is 9.66. The van der Waals surface area contributed by atoms with E-state index in [1.54, 1.807) is 5.57 Å². The Morgan fingerprint density at radius 3 is 2.75 bits per heavy atom. The third-order valence-corrected chi connectivity index (χ3v) is 1.89. The first-order valence-electron chi connectivity index (χ1n) is 3.29. The largest absolute Gasteiger partial charge is 0.106 e. The molecule has 0 aromatic heterocycles. The van der Waals surface area contributed by atoms with Crippen molar-refractivity contribution >= 4 is 7.28 Å². The average molecular weight is 107 g/mol. The van der Waals surface area contributed by atoms with E-state index in [2.05, 4.69) is 27.1 Å². The zero-order chi connectivity index (χ0) is 5.98. The summed E-state index contributed by atoms with van der Waals surface area (Å²) >= 11 is 0. The molecule has 43 valence electrons. The van der Waals surface area contributed by atoms with Crippen LogP contribution in [0.15, 0.2) is 11.6 Å². The maximum Gasteiger partial charge on any atom is 0.106 e. The predicted octanol–water partition coefficient (Wildman–Crippen LogP) is 2.12. The quantitative estimate of drug-likeness (QED) is 0.374. The van der Waals surface area contributed by atoms with Crippen molar-refractivity contribution in [2.45, 2.75) is 26.5 Å². The number of rotatable bonds is 2. The van der Waals surface area contributed by atoms with Gasteiger partial charge in [-0.3, -0.25) is 0 Å². The number of hydrogen-bond acceptors (Lipinski definition) is 0. The van der Waals surface area contributed by atoms with Crippen molar-refractivity contribution in [2.75, 3.05) is 0 Å². The Balaban J connectivity index is 2.22. The van der Waals surface area contributed by atoms with Crippen LogP contribution in [0.2, 0.25) is 13.1 Å². The van der Waals surface area contributed by atoms with Gasteiger partial charge in [0.2, 0.25) is 0 Å². The van der Waals surface area contributed by atoms with Crippen molar-refractivity contribution in [1.82, 2.24) is 0 Å². The minimum atomic E-state index is 0.903. The smallest absolute Gasteiger partial charge is 0.0920 e. The van der Waals surface area contributed by atoms with Gasteiger partial charge in [-0.2, -0.15) is 0 Å². The van der Waals surface area contributed by atoms with E-state index in [-0.39, 0.29) is 0 Å². The molecule has 0 aromatic rings. The van der Waals surface area contributed by atoms with Gasteiger partial charge >= 0.3 is 0 Å². The summed E-state index contributed by atoms with van der Waals surface area (Å²) < 4.78 is 0. The fraction of sp³-hybridized carbons (Fsp3) is 0.714. The van der Waals surface area contributed by atoms with E-state index in [1.807, 2.05) is 0 Å². The molecule has 0 fully saturated rings. The molecular weight excluding hydrogens is 94.9 g/mol. The van der Waals surface area contributed by atoms with Gasteiger partial charge in [0.25, 0.3) is 0 Å². The van der Waals surface area contributed by atoms with Crippen LogP contribution in [-0.2, 0) is 0 Å². The van der Waals surface area contributed by atoms with Crippen molar-refractivity contribution in [2.24, 2.45) is 5.92 Å². The Bertz CT molecular complexity index is 105. The lowest BCUT2D eigenvalue weighted by molar-refractivity contribution is 0.621. The summed E-state index contributed by atoms with van der Waals surface area (Å²) in [6, 6.07) is 0. The predicted molar refractivity (Wildman–Crippen MR) is 38.3 cm³/mol. The Morgan fingerprint density at radius 1 is 1.88 bits per heavy atom. The Labute approximate surface area is 52.2 Å². The minimum Gasteiger partial charge on any atom is -0.0920 e. The molecule has 0 saturated carbocycles. The highest BCUT2D eigenvalue weighted by atomic mass is 14.2. The molecule has 0 aromatic carbocycles. The fourth-order valence-corrected chi connectivity index (χ4v) is 1.09. The lowest BCUT2D eigenvalue weighted by Gasteiger charge is -2.23. The first-order valence-corrected chi connectivity index (χ1v) is 3.29. The van der Waals surface area contributed by atoms with Crippen molar-refractivity contribution in [3.05, 3.63) is 11.6 Å². The maximum atomic E-state index is 2.31. The van der Waals surface area contributed by atoms with E-state index in [0.29, 0.717) is 0 Å². The molecule has 0 N–H and O–H groups in total. The van der Waals surface area contributed by atoms with E-state index < -0.39 is 0 Å². The van der Waals surface area contributed by atoms with Crippen LogP contribution in [0.4, 0.5) is 0 Å². The Morgan fingerprint density at radius 2 is 2.62 bits per heavy atom. The first-order chi connectivity index (χ1) is 3.84. The molecule has 1 aliphatic carbocycles. The van der Waals surface area contributed by atoms with E-state index in [9.17, 15) is 0 Å². The normalized spacial score (nSPS) is 26.2. The highest BCUT2D eigenvalue weighted by Gasteiger charge is 2.14. The molecule has 0 nitrogen and oxygen atoms in total. The van der Waals surface area contributed by atoms with Gasteiger partial charge < -0.3 is 0 Å². The first kappa shape index (κ1) is 5.93. The van der Waals surface area contributed by atoms with Crippen LogP contribution >= 0.6 is 0 Å². The highest BCUT2D eigenvalue weighted by Crippen LogP contribution is 2.28. The van der Waals surface area contributed by atoms with Crippen molar-refractivity contribution < 1.29 is 0 Å². The molecule has 0 amide bonds. The van der Waals surface area contributed by atoms with Crippen LogP contribution in [0.25, 0.3) is 0 Å². The molecule has 1 heteroatoms. The molecular formula is C7H12B. The molecule has 1 aliphatic rings. The second-order valence-corrected chi connectivity index (χ2v) is 2.52. The SMILES string of the molecule is C[B]CC1CC=C1C. The van der Waals surface area contributed by atoms with Gasteiger partial charge in [0, 0.05) is 0 Å². The van der Waals surface area contributed by atoms with Crippen LogP contribution in [-0.4, -0.2) is 7.28 Å². The van der Waals surface area contributed by atoms with Crippen LogP contribution < -0.4 is 0 Å². The summed E-state index contributed by atoms with van der Waals surface area (Å²) in [5.41, 5.74) is 1.59. The van der Waals surface area contributed by atoms with E-state index in [0.717, 1.165) is 5.92 Å². The number of hydrogen-bond donors (Lipinski definition) is 0. The zero-order valence-corrected chi connectivity index (χ0v) is 5.65. The van der Waals surface area contributed by atoms with E-state index >= 15 is 0 Å². The standard InChI is InChI=1S/C7H12B/c1-6-3-4-7(6)5-8-2/h3,7H,4-5H2,1-2H3. The second kappa shape index (κ2) is 2.39. The summed E-state index contributed by atoms with van der Waals surface area (Å²) in [4.78, 5) is 0. The van der Waals surface area contributed by atoms with Crippen molar-refractivity contribution in [3.63, 3.8) is 0 Å². The monoisotopic (exact) mass is 107 g/mol. The number of allylic oxidation sites excluding steroid dienone is 2. The molecule has 0 heterocycles. The fourth-order valence-electron chi connectivity index (χ4n) is 1.09. The summed E-state index contributed by atoms with van der Waals surface area (Å²) in [5, 5.41) is 0. The van der Waals surface area contributed by atoms with Crippen molar-refractivity contribution in [3.8, 4) is 0 Å². The molecule has 1 atom stereocenters. The van der Waals surface area contributed by atoms with Gasteiger partial charge in [-0.25, -0.2) is 0 Å². The minimum absolute atomic E-state index is 0.903. The summed E-state index contributed by atoms with van der Waals surface area (Å²) in [5.74, 6) is 0.903. The molecule has 0 aliphatic heterocycles. The third-order valence-electron chi connectivity index (χ3n) is 1.89. The van der Waals surface area contributed by atoms with Gasteiger partial charge in [-0.05, 0) is 19.3 Å². The molecule has 0 bridgehead atoms. The van der Waals surface area contributed by atoms with Crippen LogP contribution in [0.3, 0.4) is 0 Å². The second-order valence-electron chi connectivity index (χ2n) is 2.52. The van der Waals surface area contributed by atoms with Crippen LogP contribution in [0, 0.1) is 5.92 Å². The summed E-state index contributed by atoms with van der Waals surface area (Å²) in [7, 11) is 2.25. The van der Waals surface area contributed by atoms with E-state index in [4.69, 9.17) is 0 Å². The Hall–Kier alpha value is -0.195. The maximum absolute atomic E-state index is 2.31. The van der Waals surface area contributed by atoms with Gasteiger partial charge in [0.15, 0.2) is 0 Å². The molecule has 0 spiro atoms.